The van der Waals surface area contributed by atoms with Crippen LogP contribution in [0.25, 0.3) is 11.0 Å². The summed E-state index contributed by atoms with van der Waals surface area (Å²) < 4.78 is 2.17. The molecule has 1 aliphatic carbocycles. The van der Waals surface area contributed by atoms with Crippen LogP contribution in [0, 0.1) is 0 Å². The van der Waals surface area contributed by atoms with Crippen LogP contribution in [0.15, 0.2) is 18.2 Å². The lowest BCUT2D eigenvalue weighted by Gasteiger charge is -2.28. The number of para-hydroxylation sites is 1. The molecule has 1 aromatic heterocycles. The lowest BCUT2D eigenvalue weighted by atomic mass is 9.92. The molecule has 0 saturated heterocycles. The number of hydrogen-bond donors (Lipinski definition) is 2. The Morgan fingerprint density at radius 2 is 2.19 bits per heavy atom. The number of nitrogens with two attached hydrogens (primary N) is 2. The van der Waals surface area contributed by atoms with Gasteiger partial charge in [0.05, 0.1) is 11.0 Å². The molecular weight excluding hydrogens is 200 g/mol. The summed E-state index contributed by atoms with van der Waals surface area (Å²) in [7, 11) is 0. The van der Waals surface area contributed by atoms with Gasteiger partial charge in [0.2, 0.25) is 5.95 Å². The van der Waals surface area contributed by atoms with Crippen LogP contribution >= 0.6 is 0 Å². The Labute approximate surface area is 94.3 Å². The van der Waals surface area contributed by atoms with Gasteiger partial charge in [0, 0.05) is 12.6 Å². The van der Waals surface area contributed by atoms with Crippen molar-refractivity contribution in [1.82, 2.24) is 9.55 Å². The minimum Gasteiger partial charge on any atom is -0.369 e. The molecule has 4 heteroatoms. The lowest BCUT2D eigenvalue weighted by Crippen LogP contribution is -2.19. The fourth-order valence-corrected chi connectivity index (χ4v) is 2.42. The zero-order chi connectivity index (χ0) is 11.1. The maximum absolute atomic E-state index is 6.00. The average Bonchev–Trinajstić information content (AvgIpc) is 2.53. The number of nitrogen functional groups attached to an aromatic ring is 1. The van der Waals surface area contributed by atoms with E-state index in [1.54, 1.807) is 0 Å². The molecule has 0 aliphatic heterocycles. The molecule has 1 fully saturated rings. The highest BCUT2D eigenvalue weighted by Gasteiger charge is 2.24. The number of fused-ring (bicyclic) bond motifs is 1. The first-order valence-corrected chi connectivity index (χ1v) is 5.76. The molecule has 4 N–H and O–H groups in total. The molecule has 1 heterocycles. The van der Waals surface area contributed by atoms with Gasteiger partial charge in [-0.25, -0.2) is 4.98 Å². The Bertz CT molecular complexity index is 525. The van der Waals surface area contributed by atoms with Gasteiger partial charge in [-0.3, -0.25) is 0 Å². The summed E-state index contributed by atoms with van der Waals surface area (Å²) in [5.74, 6) is 0.626. The van der Waals surface area contributed by atoms with Crippen LogP contribution < -0.4 is 11.5 Å². The topological polar surface area (TPSA) is 69.9 Å². The second-order valence-corrected chi connectivity index (χ2v) is 4.41. The summed E-state index contributed by atoms with van der Waals surface area (Å²) in [5, 5.41) is 0. The Morgan fingerprint density at radius 3 is 2.81 bits per heavy atom. The van der Waals surface area contributed by atoms with Gasteiger partial charge in [-0.1, -0.05) is 12.1 Å². The van der Waals surface area contributed by atoms with Gasteiger partial charge in [-0.05, 0) is 30.9 Å². The predicted octanol–water partition coefficient (Wildman–Crippen LogP) is 1.80. The normalized spacial score (nSPS) is 16.6. The molecule has 84 valence electrons. The number of nitrogens with zero attached hydrogens (tertiary/aromatic N) is 2. The summed E-state index contributed by atoms with van der Waals surface area (Å²) in [4.78, 5) is 4.41. The average molecular weight is 216 g/mol. The minimum atomic E-state index is 0.526. The number of hydrogen-bond acceptors (Lipinski definition) is 3. The number of anilines is 1. The lowest BCUT2D eigenvalue weighted by molar-refractivity contribution is 0.323. The molecule has 0 atom stereocenters. The zero-order valence-corrected chi connectivity index (χ0v) is 9.19. The second-order valence-electron chi connectivity index (χ2n) is 4.41. The van der Waals surface area contributed by atoms with E-state index in [1.165, 1.54) is 19.3 Å². The first-order chi connectivity index (χ1) is 7.81. The van der Waals surface area contributed by atoms with Crippen molar-refractivity contribution in [2.75, 3.05) is 5.73 Å². The number of aromatic nitrogens is 2. The van der Waals surface area contributed by atoms with Crippen molar-refractivity contribution in [3.63, 3.8) is 0 Å². The van der Waals surface area contributed by atoms with Crippen LogP contribution in [-0.4, -0.2) is 9.55 Å². The molecule has 0 spiro atoms. The fraction of sp³-hybridized carbons (Fsp3) is 0.417. The smallest absolute Gasteiger partial charge is 0.201 e. The minimum absolute atomic E-state index is 0.526. The molecular formula is C12H16N4. The van der Waals surface area contributed by atoms with Crippen LogP contribution in [0.5, 0.6) is 0 Å². The molecule has 1 aromatic carbocycles. The fourth-order valence-electron chi connectivity index (χ4n) is 2.42. The van der Waals surface area contributed by atoms with E-state index in [1.807, 2.05) is 12.1 Å². The van der Waals surface area contributed by atoms with Crippen LogP contribution in [0.4, 0.5) is 5.95 Å². The van der Waals surface area contributed by atoms with E-state index >= 15 is 0 Å². The van der Waals surface area contributed by atoms with Crippen molar-refractivity contribution in [3.05, 3.63) is 23.8 Å². The Balaban J connectivity index is 2.27. The van der Waals surface area contributed by atoms with Gasteiger partial charge >= 0.3 is 0 Å². The largest absolute Gasteiger partial charge is 0.369 e. The molecule has 0 unspecified atom stereocenters. The third-order valence-corrected chi connectivity index (χ3v) is 3.48. The molecule has 0 bridgehead atoms. The highest BCUT2D eigenvalue weighted by molar-refractivity contribution is 5.82. The van der Waals surface area contributed by atoms with Gasteiger partial charge in [-0.2, -0.15) is 0 Å². The van der Waals surface area contributed by atoms with E-state index in [4.69, 9.17) is 11.5 Å². The first-order valence-electron chi connectivity index (χ1n) is 5.76. The molecule has 0 amide bonds. The van der Waals surface area contributed by atoms with Crippen LogP contribution in [-0.2, 0) is 6.54 Å². The SMILES string of the molecule is NCc1cccc2nc(N)n(C3CCC3)c12. The van der Waals surface area contributed by atoms with Crippen molar-refractivity contribution in [2.45, 2.75) is 31.8 Å². The van der Waals surface area contributed by atoms with E-state index in [2.05, 4.69) is 15.6 Å². The molecule has 0 radical (unpaired) electrons. The highest BCUT2D eigenvalue weighted by atomic mass is 15.2. The molecule has 2 aromatic rings. The third kappa shape index (κ3) is 1.23. The van der Waals surface area contributed by atoms with Gasteiger partial charge in [0.25, 0.3) is 0 Å². The maximum atomic E-state index is 6.00. The molecule has 1 saturated carbocycles. The van der Waals surface area contributed by atoms with Crippen molar-refractivity contribution in [2.24, 2.45) is 5.73 Å². The second kappa shape index (κ2) is 3.49. The van der Waals surface area contributed by atoms with E-state index in [-0.39, 0.29) is 0 Å². The summed E-state index contributed by atoms with van der Waals surface area (Å²) in [6, 6.07) is 6.57. The zero-order valence-electron chi connectivity index (χ0n) is 9.19. The highest BCUT2D eigenvalue weighted by Crippen LogP contribution is 2.37. The third-order valence-electron chi connectivity index (χ3n) is 3.48. The molecule has 16 heavy (non-hydrogen) atoms. The van der Waals surface area contributed by atoms with Crippen molar-refractivity contribution in [1.29, 1.82) is 0 Å². The molecule has 1 aliphatic rings. The van der Waals surface area contributed by atoms with E-state index in [9.17, 15) is 0 Å². The van der Waals surface area contributed by atoms with Crippen molar-refractivity contribution < 1.29 is 0 Å². The summed E-state index contributed by atoms with van der Waals surface area (Å²) in [6.45, 7) is 0.537. The molecule has 4 nitrogen and oxygen atoms in total. The number of rotatable bonds is 2. The van der Waals surface area contributed by atoms with Crippen molar-refractivity contribution in [3.8, 4) is 0 Å². The monoisotopic (exact) mass is 216 g/mol. The van der Waals surface area contributed by atoms with Crippen LogP contribution in [0.1, 0.15) is 30.9 Å². The number of imidazole rings is 1. The molecule has 3 rings (SSSR count). The van der Waals surface area contributed by atoms with Gasteiger partial charge in [0.15, 0.2) is 0 Å². The maximum Gasteiger partial charge on any atom is 0.201 e. The van der Waals surface area contributed by atoms with Gasteiger partial charge in [-0.15, -0.1) is 0 Å². The Kier molecular flexibility index (Phi) is 2.11. The Hall–Kier alpha value is -1.55. The first kappa shape index (κ1) is 9.66. The van der Waals surface area contributed by atoms with Crippen LogP contribution in [0.2, 0.25) is 0 Å². The van der Waals surface area contributed by atoms with E-state index in [0.29, 0.717) is 18.5 Å². The van der Waals surface area contributed by atoms with Crippen molar-refractivity contribution >= 4 is 17.0 Å². The standard InChI is InChI=1S/C12H16N4/c13-7-8-3-1-6-10-11(8)16(12(14)15-10)9-4-2-5-9/h1,3,6,9H,2,4-5,7,13H2,(H2,14,15). The van der Waals surface area contributed by atoms with Gasteiger partial charge in [0.1, 0.15) is 0 Å². The quantitative estimate of drug-likeness (QED) is 0.804. The predicted molar refractivity (Wildman–Crippen MR) is 64.9 cm³/mol. The number of benzene rings is 1. The Morgan fingerprint density at radius 1 is 1.38 bits per heavy atom. The summed E-state index contributed by atoms with van der Waals surface area (Å²) in [6.07, 6.45) is 3.69. The summed E-state index contributed by atoms with van der Waals surface area (Å²) >= 11 is 0. The van der Waals surface area contributed by atoms with E-state index in [0.717, 1.165) is 16.6 Å². The van der Waals surface area contributed by atoms with E-state index < -0.39 is 0 Å². The van der Waals surface area contributed by atoms with Crippen LogP contribution in [0.3, 0.4) is 0 Å². The summed E-state index contributed by atoms with van der Waals surface area (Å²) in [5.41, 5.74) is 15.0. The van der Waals surface area contributed by atoms with Gasteiger partial charge < -0.3 is 16.0 Å².